The van der Waals surface area contributed by atoms with Crippen molar-refractivity contribution in [3.8, 4) is 0 Å². The van der Waals surface area contributed by atoms with Crippen LogP contribution in [0.1, 0.15) is 0 Å². The van der Waals surface area contributed by atoms with Crippen molar-refractivity contribution >= 4 is 34.1 Å². The second kappa shape index (κ2) is 21.1. The van der Waals surface area contributed by atoms with E-state index >= 15 is 0 Å². The molecule has 0 unspecified atom stereocenters. The molecule has 0 atom stereocenters. The topological polar surface area (TPSA) is 19.4 Å². The van der Waals surface area contributed by atoms with Gasteiger partial charge in [0.1, 0.15) is 0 Å². The summed E-state index contributed by atoms with van der Waals surface area (Å²) < 4.78 is 0. The van der Waals surface area contributed by atoms with Crippen LogP contribution in [0.2, 0.25) is 0 Å². The predicted octanol–water partition coefficient (Wildman–Crippen LogP) is -4.13. The average molecular weight is 511 g/mol. The van der Waals surface area contributed by atoms with Crippen LogP contribution in [0.15, 0.2) is 54.6 Å². The molecule has 0 radical (unpaired) electrons. The summed E-state index contributed by atoms with van der Waals surface area (Å²) in [7, 11) is 24.2. The van der Waals surface area contributed by atoms with Crippen LogP contribution in [0.25, 0.3) is 0 Å². The van der Waals surface area contributed by atoms with Crippen molar-refractivity contribution in [1.29, 1.82) is 0 Å². The van der Waals surface area contributed by atoms with Crippen molar-refractivity contribution in [3.63, 3.8) is 0 Å². The molecule has 0 saturated heterocycles. The molecule has 0 aliphatic carbocycles. The van der Waals surface area contributed by atoms with Gasteiger partial charge in [-0.05, 0) is 0 Å². The zero-order valence-electron chi connectivity index (χ0n) is 27.4. The van der Waals surface area contributed by atoms with Gasteiger partial charge in [-0.25, -0.2) is 0 Å². The van der Waals surface area contributed by atoms with Gasteiger partial charge in [-0.2, -0.15) is 18.2 Å². The van der Waals surface area contributed by atoms with Crippen molar-refractivity contribution in [2.45, 2.75) is 0 Å². The third-order valence-corrected chi connectivity index (χ3v) is 5.18. The fourth-order valence-corrected chi connectivity index (χ4v) is 2.90. The quantitative estimate of drug-likeness (QED) is 0.246. The van der Waals surface area contributed by atoms with E-state index in [1.807, 2.05) is 169 Å². The standard InChI is InChI=1S/3C10H15N2.3Li/c3*1-11(2)9-6-5-7-10(8-9)12(3)4;;;/h3*5-7H,1-4H3;;;/q3*-1;3*+1. The minimum absolute atomic E-state index is 0. The fourth-order valence-electron chi connectivity index (χ4n) is 2.90. The van der Waals surface area contributed by atoms with Crippen molar-refractivity contribution < 1.29 is 56.6 Å². The Labute approximate surface area is 275 Å². The van der Waals surface area contributed by atoms with Gasteiger partial charge in [0.25, 0.3) is 0 Å². The second-order valence-corrected chi connectivity index (χ2v) is 9.63. The van der Waals surface area contributed by atoms with Gasteiger partial charge in [0.05, 0.1) is 0 Å². The number of nitrogens with zero attached hydrogens (tertiary/aromatic N) is 6. The van der Waals surface area contributed by atoms with Crippen LogP contribution in [0.5, 0.6) is 0 Å². The van der Waals surface area contributed by atoms with Gasteiger partial charge in [0.15, 0.2) is 0 Å². The Kier molecular flexibility index (Phi) is 22.5. The average Bonchev–Trinajstić information content (AvgIpc) is 2.85. The molecule has 0 saturated carbocycles. The molecule has 6 nitrogen and oxygen atoms in total. The molecule has 0 amide bonds. The van der Waals surface area contributed by atoms with Gasteiger partial charge < -0.3 is 29.4 Å². The first kappa shape index (κ1) is 41.7. The summed E-state index contributed by atoms with van der Waals surface area (Å²) in [4.78, 5) is 12.3. The van der Waals surface area contributed by atoms with E-state index in [4.69, 9.17) is 0 Å². The Balaban J connectivity index is -0.000000480. The molecule has 0 aliphatic heterocycles. The fraction of sp³-hybridized carbons (Fsp3) is 0.400. The summed E-state index contributed by atoms with van der Waals surface area (Å²) in [5.74, 6) is 0. The maximum Gasteiger partial charge on any atom is 1.00 e. The van der Waals surface area contributed by atoms with Crippen LogP contribution in [0, 0.1) is 18.2 Å². The molecule has 3 aromatic rings. The first-order chi connectivity index (χ1) is 16.8. The summed E-state index contributed by atoms with van der Waals surface area (Å²) >= 11 is 0. The number of hydrogen-bond donors (Lipinski definition) is 0. The molecule has 0 aliphatic rings. The van der Waals surface area contributed by atoms with E-state index in [-0.39, 0.29) is 56.6 Å². The van der Waals surface area contributed by atoms with Gasteiger partial charge in [-0.1, -0.05) is 34.1 Å². The van der Waals surface area contributed by atoms with Crippen LogP contribution in [-0.2, 0) is 0 Å². The molecule has 0 N–H and O–H groups in total. The SMILES string of the molecule is CN(C)c1[c-]c(N(C)C)ccc1.CN(C)c1[c-]c(N(C)C)ccc1.CN(C)c1[c-]c(N(C)C)ccc1.[Li+].[Li+].[Li+]. The molecule has 0 spiro atoms. The maximum absolute atomic E-state index is 3.30. The number of hydrogen-bond acceptors (Lipinski definition) is 6. The summed E-state index contributed by atoms with van der Waals surface area (Å²) in [6.07, 6.45) is 0. The van der Waals surface area contributed by atoms with Gasteiger partial charge in [-0.3, -0.25) is 0 Å². The van der Waals surface area contributed by atoms with E-state index in [9.17, 15) is 0 Å². The van der Waals surface area contributed by atoms with Crippen LogP contribution in [-0.4, -0.2) is 84.6 Å². The Morgan fingerprint density at radius 2 is 0.436 bits per heavy atom. The van der Waals surface area contributed by atoms with E-state index < -0.39 is 0 Å². The second-order valence-electron chi connectivity index (χ2n) is 9.63. The summed E-state index contributed by atoms with van der Waals surface area (Å²) in [6.45, 7) is 0. The summed E-state index contributed by atoms with van der Waals surface area (Å²) in [5.41, 5.74) is 6.67. The largest absolute Gasteiger partial charge is 1.00 e. The van der Waals surface area contributed by atoms with E-state index in [2.05, 4.69) is 18.2 Å². The van der Waals surface area contributed by atoms with Gasteiger partial charge in [0.2, 0.25) is 0 Å². The molecular formula is C30H45Li3N6. The van der Waals surface area contributed by atoms with Crippen LogP contribution in [0.4, 0.5) is 34.1 Å². The third kappa shape index (κ3) is 15.6. The van der Waals surface area contributed by atoms with Gasteiger partial charge in [-0.15, -0.1) is 54.6 Å². The maximum atomic E-state index is 3.30. The predicted molar refractivity (Wildman–Crippen MR) is 162 cm³/mol. The normalized spacial score (nSPS) is 8.92. The van der Waals surface area contributed by atoms with E-state index in [1.54, 1.807) is 0 Å². The summed E-state index contributed by atoms with van der Waals surface area (Å²) in [5, 5.41) is 0. The van der Waals surface area contributed by atoms with Crippen molar-refractivity contribution in [1.82, 2.24) is 0 Å². The Morgan fingerprint density at radius 1 is 0.308 bits per heavy atom. The van der Waals surface area contributed by atoms with Gasteiger partial charge >= 0.3 is 56.6 Å². The molecule has 3 rings (SSSR count). The molecule has 9 heteroatoms. The monoisotopic (exact) mass is 510 g/mol. The molecule has 3 aromatic carbocycles. The molecule has 0 heterocycles. The Bertz CT molecular complexity index is 839. The van der Waals surface area contributed by atoms with E-state index in [0.717, 1.165) is 34.1 Å². The molecule has 0 aromatic heterocycles. The van der Waals surface area contributed by atoms with Crippen molar-refractivity contribution in [2.75, 3.05) is 114 Å². The number of benzene rings is 3. The minimum atomic E-state index is 0. The van der Waals surface area contributed by atoms with Crippen LogP contribution < -0.4 is 86.0 Å². The Hall–Kier alpha value is -1.75. The van der Waals surface area contributed by atoms with Crippen molar-refractivity contribution in [3.05, 3.63) is 72.8 Å². The number of anilines is 6. The first-order valence-corrected chi connectivity index (χ1v) is 11.9. The molecule has 198 valence electrons. The van der Waals surface area contributed by atoms with Crippen LogP contribution >= 0.6 is 0 Å². The third-order valence-electron chi connectivity index (χ3n) is 5.18. The molecular weight excluding hydrogens is 465 g/mol. The zero-order valence-corrected chi connectivity index (χ0v) is 27.4. The van der Waals surface area contributed by atoms with E-state index in [1.165, 1.54) is 0 Å². The molecule has 0 bridgehead atoms. The minimum Gasteiger partial charge on any atom is -0.400 e. The molecule has 39 heavy (non-hydrogen) atoms. The van der Waals surface area contributed by atoms with Crippen LogP contribution in [0.3, 0.4) is 0 Å². The molecule has 0 fully saturated rings. The first-order valence-electron chi connectivity index (χ1n) is 11.9. The summed E-state index contributed by atoms with van der Waals surface area (Å²) in [6, 6.07) is 28.3. The smallest absolute Gasteiger partial charge is 0.400 e. The van der Waals surface area contributed by atoms with Crippen molar-refractivity contribution in [2.24, 2.45) is 0 Å². The van der Waals surface area contributed by atoms with Gasteiger partial charge in [0, 0.05) is 84.6 Å². The number of rotatable bonds is 6. The van der Waals surface area contributed by atoms with E-state index in [0.29, 0.717) is 0 Å². The zero-order chi connectivity index (χ0) is 27.4. The Morgan fingerprint density at radius 3 is 0.538 bits per heavy atom.